The third-order valence-electron chi connectivity index (χ3n) is 10.4. The molecule has 206 valence electrons. The standard InChI is InChI=1S/C31H42N2O5/c1-30-15-13-22(18-21(30)9-10-23-24-11-12-27(34)31(24,2)16-14-25(23)30)33-38-19-28(35)32-26(29(36)37-3)17-20-7-5-4-6-8-20/h4-8,18,23-27,34H,9-17,19H2,1-3H3,(H,32,35)/b33-22+/t23-,24+,25-,26+,27+,30+,31+/m1/s1. The zero-order valence-electron chi connectivity index (χ0n) is 22.9. The molecule has 0 aromatic heterocycles. The minimum Gasteiger partial charge on any atom is -0.467 e. The highest BCUT2D eigenvalue weighted by molar-refractivity contribution is 5.96. The summed E-state index contributed by atoms with van der Waals surface area (Å²) >= 11 is 0. The van der Waals surface area contributed by atoms with E-state index < -0.39 is 17.9 Å². The van der Waals surface area contributed by atoms with Gasteiger partial charge in [-0.15, -0.1) is 0 Å². The molecular formula is C31H42N2O5. The second kappa shape index (κ2) is 10.8. The molecule has 3 saturated carbocycles. The minimum absolute atomic E-state index is 0.0996. The average molecular weight is 523 g/mol. The number of hydrogen-bond donors (Lipinski definition) is 2. The number of rotatable bonds is 7. The van der Waals surface area contributed by atoms with Crippen LogP contribution in [-0.4, -0.2) is 48.6 Å². The summed E-state index contributed by atoms with van der Waals surface area (Å²) in [4.78, 5) is 30.2. The molecule has 0 radical (unpaired) electrons. The molecule has 2 N–H and O–H groups in total. The molecule has 7 heteroatoms. The summed E-state index contributed by atoms with van der Waals surface area (Å²) in [7, 11) is 1.32. The number of oxime groups is 1. The topological polar surface area (TPSA) is 97.2 Å². The van der Waals surface area contributed by atoms with Crippen LogP contribution in [0.25, 0.3) is 0 Å². The molecule has 5 rings (SSSR count). The van der Waals surface area contributed by atoms with E-state index in [1.807, 2.05) is 30.3 Å². The lowest BCUT2D eigenvalue weighted by molar-refractivity contribution is -0.145. The summed E-state index contributed by atoms with van der Waals surface area (Å²) in [6, 6.07) is 8.73. The van der Waals surface area contributed by atoms with Gasteiger partial charge in [0.2, 0.25) is 0 Å². The molecule has 1 aromatic carbocycles. The van der Waals surface area contributed by atoms with Crippen LogP contribution in [0.15, 0.2) is 47.1 Å². The predicted molar refractivity (Wildman–Crippen MR) is 145 cm³/mol. The minimum atomic E-state index is -0.780. The summed E-state index contributed by atoms with van der Waals surface area (Å²) in [5, 5.41) is 17.7. The molecule has 7 nitrogen and oxygen atoms in total. The van der Waals surface area contributed by atoms with Gasteiger partial charge in [0.05, 0.1) is 18.9 Å². The number of benzene rings is 1. The van der Waals surface area contributed by atoms with Crippen molar-refractivity contribution in [1.29, 1.82) is 0 Å². The molecule has 0 spiro atoms. The fourth-order valence-electron chi connectivity index (χ4n) is 8.21. The van der Waals surface area contributed by atoms with Crippen LogP contribution in [-0.2, 0) is 25.6 Å². The fraction of sp³-hybridized carbons (Fsp3) is 0.645. The normalized spacial score (nSPS) is 35.8. The summed E-state index contributed by atoms with van der Waals surface area (Å²) in [5.74, 6) is 1.11. The number of esters is 1. The van der Waals surface area contributed by atoms with Gasteiger partial charge in [-0.05, 0) is 91.6 Å². The van der Waals surface area contributed by atoms with Gasteiger partial charge in [0.1, 0.15) is 6.04 Å². The Morgan fingerprint density at radius 2 is 1.87 bits per heavy atom. The lowest BCUT2D eigenvalue weighted by Crippen LogP contribution is -2.51. The van der Waals surface area contributed by atoms with E-state index in [2.05, 4.69) is 30.4 Å². The van der Waals surface area contributed by atoms with Crippen molar-refractivity contribution in [2.45, 2.75) is 83.8 Å². The highest BCUT2D eigenvalue weighted by atomic mass is 16.6. The van der Waals surface area contributed by atoms with E-state index in [4.69, 9.17) is 9.57 Å². The van der Waals surface area contributed by atoms with Gasteiger partial charge in [-0.25, -0.2) is 4.79 Å². The molecular weight excluding hydrogens is 480 g/mol. The summed E-state index contributed by atoms with van der Waals surface area (Å²) in [6.45, 7) is 4.52. The number of nitrogens with one attached hydrogen (secondary N) is 1. The van der Waals surface area contributed by atoms with Gasteiger partial charge in [0.25, 0.3) is 5.91 Å². The Morgan fingerprint density at radius 1 is 1.08 bits per heavy atom. The Bertz CT molecular complexity index is 1100. The van der Waals surface area contributed by atoms with Crippen molar-refractivity contribution in [3.05, 3.63) is 47.5 Å². The van der Waals surface area contributed by atoms with Crippen LogP contribution in [0.2, 0.25) is 0 Å². The van der Waals surface area contributed by atoms with Crippen LogP contribution in [0.4, 0.5) is 0 Å². The number of allylic oxidation sites excluding steroid dienone is 2. The molecule has 4 aliphatic carbocycles. The number of ether oxygens (including phenoxy) is 1. The van der Waals surface area contributed by atoms with Crippen molar-refractivity contribution in [3.63, 3.8) is 0 Å². The van der Waals surface area contributed by atoms with Gasteiger partial charge in [0, 0.05) is 6.42 Å². The average Bonchev–Trinajstić information content (AvgIpc) is 3.22. The lowest BCUT2D eigenvalue weighted by atomic mass is 9.47. The zero-order valence-corrected chi connectivity index (χ0v) is 22.9. The van der Waals surface area contributed by atoms with E-state index in [1.165, 1.54) is 31.9 Å². The van der Waals surface area contributed by atoms with Crippen molar-refractivity contribution < 1.29 is 24.3 Å². The maximum absolute atomic E-state index is 12.5. The number of methoxy groups -OCH3 is 1. The second-order valence-corrected chi connectivity index (χ2v) is 12.3. The number of fused-ring (bicyclic) bond motifs is 5. The fourth-order valence-corrected chi connectivity index (χ4v) is 8.21. The Kier molecular flexibility index (Phi) is 7.67. The van der Waals surface area contributed by atoms with Crippen molar-refractivity contribution >= 4 is 17.6 Å². The highest BCUT2D eigenvalue weighted by Crippen LogP contribution is 2.65. The Balaban J connectivity index is 1.18. The molecule has 0 bridgehead atoms. The van der Waals surface area contributed by atoms with Crippen LogP contribution >= 0.6 is 0 Å². The monoisotopic (exact) mass is 522 g/mol. The van der Waals surface area contributed by atoms with Crippen molar-refractivity contribution in [2.75, 3.05) is 13.7 Å². The quantitative estimate of drug-likeness (QED) is 0.404. The Hall–Kier alpha value is -2.67. The molecule has 0 unspecified atom stereocenters. The van der Waals surface area contributed by atoms with Gasteiger partial charge in [-0.3, -0.25) is 4.79 Å². The van der Waals surface area contributed by atoms with Crippen LogP contribution in [0.3, 0.4) is 0 Å². The van der Waals surface area contributed by atoms with Gasteiger partial charge < -0.3 is 20.0 Å². The number of aliphatic hydroxyl groups excluding tert-OH is 1. The van der Waals surface area contributed by atoms with E-state index in [-0.39, 0.29) is 23.5 Å². The van der Waals surface area contributed by atoms with Crippen LogP contribution < -0.4 is 5.32 Å². The first-order chi connectivity index (χ1) is 18.2. The largest absolute Gasteiger partial charge is 0.467 e. The van der Waals surface area contributed by atoms with Crippen LogP contribution in [0.1, 0.15) is 70.8 Å². The smallest absolute Gasteiger partial charge is 0.328 e. The van der Waals surface area contributed by atoms with Gasteiger partial charge in [-0.1, -0.05) is 54.9 Å². The van der Waals surface area contributed by atoms with Crippen molar-refractivity contribution in [2.24, 2.45) is 33.7 Å². The third kappa shape index (κ3) is 5.02. The molecule has 1 aromatic rings. The molecule has 0 aliphatic heterocycles. The first-order valence-corrected chi connectivity index (χ1v) is 14.2. The Morgan fingerprint density at radius 3 is 2.63 bits per heavy atom. The first-order valence-electron chi connectivity index (χ1n) is 14.2. The number of nitrogens with zero attached hydrogens (tertiary/aromatic N) is 1. The summed E-state index contributed by atoms with van der Waals surface area (Å²) < 4.78 is 4.87. The maximum Gasteiger partial charge on any atom is 0.328 e. The number of aliphatic hydroxyl groups is 1. The zero-order chi connectivity index (χ0) is 26.9. The number of hydrogen-bond acceptors (Lipinski definition) is 6. The third-order valence-corrected chi connectivity index (χ3v) is 10.4. The molecule has 38 heavy (non-hydrogen) atoms. The molecule has 0 heterocycles. The predicted octanol–water partition coefficient (Wildman–Crippen LogP) is 4.58. The van der Waals surface area contributed by atoms with Crippen molar-refractivity contribution in [1.82, 2.24) is 5.32 Å². The van der Waals surface area contributed by atoms with E-state index >= 15 is 0 Å². The van der Waals surface area contributed by atoms with Gasteiger partial charge in [0.15, 0.2) is 6.61 Å². The van der Waals surface area contributed by atoms with E-state index in [9.17, 15) is 14.7 Å². The number of carbonyl (C=O) groups is 2. The summed E-state index contributed by atoms with van der Waals surface area (Å²) in [6.07, 6.45) is 11.0. The first kappa shape index (κ1) is 26.9. The van der Waals surface area contributed by atoms with E-state index in [1.54, 1.807) is 0 Å². The second-order valence-electron chi connectivity index (χ2n) is 12.3. The van der Waals surface area contributed by atoms with Crippen LogP contribution in [0.5, 0.6) is 0 Å². The highest BCUT2D eigenvalue weighted by Gasteiger charge is 2.58. The maximum atomic E-state index is 12.5. The van der Waals surface area contributed by atoms with E-state index in [0.717, 1.165) is 43.4 Å². The molecule has 3 fully saturated rings. The molecule has 1 amide bonds. The van der Waals surface area contributed by atoms with E-state index in [0.29, 0.717) is 24.2 Å². The van der Waals surface area contributed by atoms with Crippen molar-refractivity contribution in [3.8, 4) is 0 Å². The van der Waals surface area contributed by atoms with Gasteiger partial charge >= 0.3 is 5.97 Å². The lowest BCUT2D eigenvalue weighted by Gasteiger charge is -2.57. The SMILES string of the molecule is COC(=O)[C@H](Cc1ccccc1)NC(=O)CO/N=C1/C=C2CC[C@H]3[C@@H](CC[C@]4(C)[C@@H](O)CC[C@@H]34)[C@@]2(C)CC1. The molecule has 7 atom stereocenters. The number of amides is 1. The molecule has 0 saturated heterocycles. The van der Waals surface area contributed by atoms with Gasteiger partial charge in [-0.2, -0.15) is 0 Å². The van der Waals surface area contributed by atoms with Crippen LogP contribution in [0, 0.1) is 28.6 Å². The number of carbonyl (C=O) groups excluding carboxylic acids is 2. The Labute approximate surface area is 226 Å². The summed E-state index contributed by atoms with van der Waals surface area (Å²) in [5.41, 5.74) is 3.56. The molecule has 4 aliphatic rings.